The van der Waals surface area contributed by atoms with Crippen LogP contribution in [-0.4, -0.2) is 54.3 Å². The summed E-state index contributed by atoms with van der Waals surface area (Å²) in [6, 6.07) is 12.4. The summed E-state index contributed by atoms with van der Waals surface area (Å²) in [5, 5.41) is 0. The Morgan fingerprint density at radius 3 is 2.44 bits per heavy atom. The van der Waals surface area contributed by atoms with E-state index in [0.717, 1.165) is 49.6 Å². The first-order valence-electron chi connectivity index (χ1n) is 9.64. The van der Waals surface area contributed by atoms with Crippen molar-refractivity contribution < 1.29 is 9.59 Å². The Labute approximate surface area is 164 Å². The van der Waals surface area contributed by atoms with Gasteiger partial charge in [0.05, 0.1) is 4.88 Å². The Hall–Kier alpha value is -2.34. The number of amides is 2. The number of anilines is 1. The van der Waals surface area contributed by atoms with E-state index in [-0.39, 0.29) is 11.8 Å². The van der Waals surface area contributed by atoms with E-state index in [2.05, 4.69) is 29.2 Å². The van der Waals surface area contributed by atoms with Crippen molar-refractivity contribution in [3.05, 3.63) is 51.7 Å². The Morgan fingerprint density at radius 2 is 1.74 bits per heavy atom. The highest BCUT2D eigenvalue weighted by molar-refractivity contribution is 7.14. The molecule has 0 saturated carbocycles. The summed E-state index contributed by atoms with van der Waals surface area (Å²) >= 11 is 1.61. The molecule has 0 aliphatic carbocycles. The van der Waals surface area contributed by atoms with E-state index in [0.29, 0.717) is 13.0 Å². The summed E-state index contributed by atoms with van der Waals surface area (Å²) in [7, 11) is 0. The van der Waals surface area contributed by atoms with Crippen LogP contribution in [0.15, 0.2) is 36.4 Å². The number of thiophene rings is 1. The van der Waals surface area contributed by atoms with Gasteiger partial charge in [0.15, 0.2) is 0 Å². The Morgan fingerprint density at radius 1 is 1.00 bits per heavy atom. The zero-order valence-corrected chi connectivity index (χ0v) is 16.5. The van der Waals surface area contributed by atoms with E-state index in [1.165, 1.54) is 10.6 Å². The normalized spacial score (nSPS) is 17.0. The standard InChI is InChI=1S/C21H25N3O2S/c1-2-20(25)24-9-8-18-16(15-24)14-19(27-18)21(26)23-12-10-22(11-13-23)17-6-4-3-5-7-17/h3-7,14H,2,8-13,15H2,1H3. The van der Waals surface area contributed by atoms with E-state index < -0.39 is 0 Å². The topological polar surface area (TPSA) is 43.9 Å². The van der Waals surface area contributed by atoms with Gasteiger partial charge in [0, 0.05) is 56.3 Å². The van der Waals surface area contributed by atoms with Crippen molar-refractivity contribution in [3.63, 3.8) is 0 Å². The van der Waals surface area contributed by atoms with E-state index in [4.69, 9.17) is 0 Å². The molecule has 0 spiro atoms. The van der Waals surface area contributed by atoms with E-state index in [9.17, 15) is 9.59 Å². The fourth-order valence-electron chi connectivity index (χ4n) is 3.84. The summed E-state index contributed by atoms with van der Waals surface area (Å²) in [6.45, 7) is 6.53. The van der Waals surface area contributed by atoms with Crippen molar-refractivity contribution in [2.75, 3.05) is 37.6 Å². The molecule has 1 fully saturated rings. The third kappa shape index (κ3) is 3.72. The van der Waals surface area contributed by atoms with Gasteiger partial charge in [-0.1, -0.05) is 25.1 Å². The Kier molecular flexibility index (Phi) is 5.16. The third-order valence-corrected chi connectivity index (χ3v) is 6.65. The van der Waals surface area contributed by atoms with Crippen molar-refractivity contribution in [2.45, 2.75) is 26.3 Å². The second-order valence-electron chi connectivity index (χ2n) is 7.09. The molecule has 27 heavy (non-hydrogen) atoms. The third-order valence-electron chi connectivity index (χ3n) is 5.42. The maximum Gasteiger partial charge on any atom is 0.264 e. The maximum atomic E-state index is 13.0. The smallest absolute Gasteiger partial charge is 0.264 e. The molecule has 4 rings (SSSR count). The number of rotatable bonds is 3. The molecule has 2 amide bonds. The minimum atomic E-state index is 0.135. The highest BCUT2D eigenvalue weighted by Gasteiger charge is 2.27. The summed E-state index contributed by atoms with van der Waals surface area (Å²) in [5.74, 6) is 0.326. The van der Waals surface area contributed by atoms with Gasteiger partial charge < -0.3 is 14.7 Å². The fourth-order valence-corrected chi connectivity index (χ4v) is 4.97. The number of para-hydroxylation sites is 1. The second kappa shape index (κ2) is 7.72. The van der Waals surface area contributed by atoms with Gasteiger partial charge in [0.25, 0.3) is 5.91 Å². The SMILES string of the molecule is CCC(=O)N1CCc2sc(C(=O)N3CCN(c4ccccc4)CC3)cc2C1. The first-order chi connectivity index (χ1) is 13.2. The van der Waals surface area contributed by atoms with Gasteiger partial charge in [0.2, 0.25) is 5.91 Å². The van der Waals surface area contributed by atoms with Crippen LogP contribution in [0.25, 0.3) is 0 Å². The molecule has 142 valence electrons. The van der Waals surface area contributed by atoms with Crippen molar-refractivity contribution in [1.82, 2.24) is 9.80 Å². The van der Waals surface area contributed by atoms with E-state index in [1.807, 2.05) is 28.9 Å². The molecule has 0 unspecified atom stereocenters. The fraction of sp³-hybridized carbons (Fsp3) is 0.429. The highest BCUT2D eigenvalue weighted by Crippen LogP contribution is 2.29. The first kappa shape index (κ1) is 18.0. The van der Waals surface area contributed by atoms with Gasteiger partial charge in [-0.2, -0.15) is 0 Å². The highest BCUT2D eigenvalue weighted by atomic mass is 32.1. The molecule has 5 nitrogen and oxygen atoms in total. The molecule has 1 aromatic heterocycles. The van der Waals surface area contributed by atoms with Gasteiger partial charge >= 0.3 is 0 Å². The zero-order valence-electron chi connectivity index (χ0n) is 15.7. The minimum absolute atomic E-state index is 0.135. The molecule has 0 N–H and O–H groups in total. The van der Waals surface area contributed by atoms with Crippen LogP contribution in [-0.2, 0) is 17.8 Å². The number of hydrogen-bond donors (Lipinski definition) is 0. The number of nitrogens with zero attached hydrogens (tertiary/aromatic N) is 3. The van der Waals surface area contributed by atoms with Crippen LogP contribution in [0.4, 0.5) is 5.69 Å². The van der Waals surface area contributed by atoms with Crippen molar-refractivity contribution in [2.24, 2.45) is 0 Å². The van der Waals surface area contributed by atoms with Gasteiger partial charge in [0.1, 0.15) is 0 Å². The number of piperazine rings is 1. The summed E-state index contributed by atoms with van der Waals surface area (Å²) in [4.78, 5) is 33.2. The molecule has 2 aromatic rings. The zero-order chi connectivity index (χ0) is 18.8. The van der Waals surface area contributed by atoms with Crippen LogP contribution in [0.2, 0.25) is 0 Å². The molecular formula is C21H25N3O2S. The van der Waals surface area contributed by atoms with Crippen molar-refractivity contribution in [1.29, 1.82) is 0 Å². The number of hydrogen-bond acceptors (Lipinski definition) is 4. The lowest BCUT2D eigenvalue weighted by molar-refractivity contribution is -0.131. The van der Waals surface area contributed by atoms with Crippen LogP contribution in [0.3, 0.4) is 0 Å². The molecule has 2 aliphatic rings. The van der Waals surface area contributed by atoms with Gasteiger partial charge in [-0.05, 0) is 30.2 Å². The van der Waals surface area contributed by atoms with Gasteiger partial charge in [-0.3, -0.25) is 9.59 Å². The molecule has 2 aliphatic heterocycles. The van der Waals surface area contributed by atoms with E-state index in [1.54, 1.807) is 11.3 Å². The summed E-state index contributed by atoms with van der Waals surface area (Å²) in [6.07, 6.45) is 1.40. The molecule has 1 aromatic carbocycles. The number of fused-ring (bicyclic) bond motifs is 1. The van der Waals surface area contributed by atoms with Crippen LogP contribution in [0, 0.1) is 0 Å². The van der Waals surface area contributed by atoms with Gasteiger partial charge in [-0.15, -0.1) is 11.3 Å². The minimum Gasteiger partial charge on any atom is -0.368 e. The number of carbonyl (C=O) groups excluding carboxylic acids is 2. The van der Waals surface area contributed by atoms with Crippen LogP contribution in [0.1, 0.15) is 33.5 Å². The molecule has 0 atom stereocenters. The predicted octanol–water partition coefficient (Wildman–Crippen LogP) is 3.01. The monoisotopic (exact) mass is 383 g/mol. The Balaban J connectivity index is 1.40. The second-order valence-corrected chi connectivity index (χ2v) is 8.23. The molecule has 6 heteroatoms. The van der Waals surface area contributed by atoms with Gasteiger partial charge in [-0.25, -0.2) is 0 Å². The molecule has 0 bridgehead atoms. The molecule has 1 saturated heterocycles. The molecule has 3 heterocycles. The summed E-state index contributed by atoms with van der Waals surface area (Å²) in [5.41, 5.74) is 2.37. The quantitative estimate of drug-likeness (QED) is 0.818. The van der Waals surface area contributed by atoms with Crippen LogP contribution >= 0.6 is 11.3 Å². The average Bonchev–Trinajstić information content (AvgIpc) is 3.16. The lowest BCUT2D eigenvalue weighted by Crippen LogP contribution is -2.48. The maximum absolute atomic E-state index is 13.0. The van der Waals surface area contributed by atoms with Crippen molar-refractivity contribution >= 4 is 28.8 Å². The molecule has 0 radical (unpaired) electrons. The molecular weight excluding hydrogens is 358 g/mol. The first-order valence-corrected chi connectivity index (χ1v) is 10.5. The predicted molar refractivity (Wildman–Crippen MR) is 108 cm³/mol. The van der Waals surface area contributed by atoms with E-state index >= 15 is 0 Å². The average molecular weight is 384 g/mol. The Bertz CT molecular complexity index is 825. The van der Waals surface area contributed by atoms with Crippen molar-refractivity contribution in [3.8, 4) is 0 Å². The number of benzene rings is 1. The van der Waals surface area contributed by atoms with Crippen LogP contribution < -0.4 is 4.90 Å². The lowest BCUT2D eigenvalue weighted by atomic mass is 10.1. The largest absolute Gasteiger partial charge is 0.368 e. The number of carbonyl (C=O) groups is 2. The van der Waals surface area contributed by atoms with Crippen LogP contribution in [0.5, 0.6) is 0 Å². The summed E-state index contributed by atoms with van der Waals surface area (Å²) < 4.78 is 0. The lowest BCUT2D eigenvalue weighted by Gasteiger charge is -2.36.